The minimum atomic E-state index is -0.803. The van der Waals surface area contributed by atoms with Crippen molar-refractivity contribution in [3.63, 3.8) is 0 Å². The van der Waals surface area contributed by atoms with Gasteiger partial charge in [0.15, 0.2) is 0 Å². The molecular formula is C7H12BrFO. The molecule has 1 fully saturated rings. The first-order chi connectivity index (χ1) is 4.74. The van der Waals surface area contributed by atoms with Crippen LogP contribution in [0.5, 0.6) is 0 Å². The second-order valence-corrected chi connectivity index (χ2v) is 4.16. The number of alkyl halides is 2. The molecule has 1 N–H and O–H groups in total. The van der Waals surface area contributed by atoms with Crippen molar-refractivity contribution in [1.29, 1.82) is 0 Å². The van der Waals surface area contributed by atoms with Crippen LogP contribution in [-0.2, 0) is 0 Å². The van der Waals surface area contributed by atoms with E-state index in [1.165, 1.54) is 0 Å². The van der Waals surface area contributed by atoms with Crippen LogP contribution in [0, 0.1) is 5.92 Å². The molecule has 1 aliphatic rings. The predicted molar refractivity (Wildman–Crippen MR) is 42.0 cm³/mol. The van der Waals surface area contributed by atoms with Crippen molar-refractivity contribution < 1.29 is 9.50 Å². The van der Waals surface area contributed by atoms with Crippen molar-refractivity contribution in [3.8, 4) is 0 Å². The predicted octanol–water partition coefficient (Wildman–Crippen LogP) is 1.88. The fraction of sp³-hybridized carbons (Fsp3) is 1.00. The molecule has 0 spiro atoms. The van der Waals surface area contributed by atoms with Crippen LogP contribution in [0.1, 0.15) is 19.3 Å². The van der Waals surface area contributed by atoms with Crippen molar-refractivity contribution >= 4 is 15.9 Å². The first kappa shape index (κ1) is 8.47. The third-order valence-electron chi connectivity index (χ3n) is 2.08. The fourth-order valence-electron chi connectivity index (χ4n) is 1.34. The number of rotatable bonds is 1. The molecule has 1 nitrogen and oxygen atoms in total. The molecule has 0 amide bonds. The molecule has 0 heterocycles. The smallest absolute Gasteiger partial charge is 0.106 e. The molecule has 0 radical (unpaired) electrons. The van der Waals surface area contributed by atoms with E-state index in [0.29, 0.717) is 11.2 Å². The van der Waals surface area contributed by atoms with E-state index in [9.17, 15) is 4.39 Å². The second-order valence-electron chi connectivity index (χ2n) is 2.87. The summed E-state index contributed by atoms with van der Waals surface area (Å²) in [6.45, 7) is 0.000880. The number of aliphatic hydroxyl groups excluding tert-OH is 1. The highest BCUT2D eigenvalue weighted by molar-refractivity contribution is 9.09. The van der Waals surface area contributed by atoms with Gasteiger partial charge in [0.2, 0.25) is 0 Å². The minimum Gasteiger partial charge on any atom is -0.396 e. The van der Waals surface area contributed by atoms with Gasteiger partial charge >= 0.3 is 0 Å². The maximum absolute atomic E-state index is 12.9. The quantitative estimate of drug-likeness (QED) is 0.656. The van der Waals surface area contributed by atoms with E-state index < -0.39 is 6.17 Å². The summed E-state index contributed by atoms with van der Waals surface area (Å²) in [5.74, 6) is -0.103. The van der Waals surface area contributed by atoms with Crippen LogP contribution >= 0.6 is 15.9 Å². The van der Waals surface area contributed by atoms with Gasteiger partial charge in [0.05, 0.1) is 0 Å². The van der Waals surface area contributed by atoms with Gasteiger partial charge in [-0.3, -0.25) is 0 Å². The number of hydrogen-bond donors (Lipinski definition) is 1. The molecule has 3 heteroatoms. The highest BCUT2D eigenvalue weighted by Crippen LogP contribution is 2.30. The van der Waals surface area contributed by atoms with Gasteiger partial charge in [-0.05, 0) is 19.3 Å². The molecule has 0 aromatic heterocycles. The standard InChI is InChI=1S/C7H12BrFO/c8-6-2-1-5(4-10)7(9)3-6/h5-7,10H,1-4H2. The maximum Gasteiger partial charge on any atom is 0.106 e. The van der Waals surface area contributed by atoms with Gasteiger partial charge in [-0.2, -0.15) is 0 Å². The summed E-state index contributed by atoms with van der Waals surface area (Å²) in [5.41, 5.74) is 0. The van der Waals surface area contributed by atoms with E-state index in [1.54, 1.807) is 0 Å². The summed E-state index contributed by atoms with van der Waals surface area (Å²) < 4.78 is 12.9. The summed E-state index contributed by atoms with van der Waals surface area (Å²) in [5, 5.41) is 8.69. The van der Waals surface area contributed by atoms with Crippen molar-refractivity contribution in [3.05, 3.63) is 0 Å². The average Bonchev–Trinajstić information content (AvgIpc) is 1.88. The summed E-state index contributed by atoms with van der Waals surface area (Å²) in [6.07, 6.45) is 1.56. The molecule has 60 valence electrons. The lowest BCUT2D eigenvalue weighted by Gasteiger charge is -2.27. The van der Waals surface area contributed by atoms with Crippen LogP contribution in [0.2, 0.25) is 0 Å². The van der Waals surface area contributed by atoms with Gasteiger partial charge in [0.25, 0.3) is 0 Å². The minimum absolute atomic E-state index is 0.000880. The largest absolute Gasteiger partial charge is 0.396 e. The summed E-state index contributed by atoms with van der Waals surface area (Å²) in [6, 6.07) is 0. The molecular weight excluding hydrogens is 199 g/mol. The van der Waals surface area contributed by atoms with Crippen LogP contribution in [0.25, 0.3) is 0 Å². The van der Waals surface area contributed by atoms with Gasteiger partial charge < -0.3 is 5.11 Å². The van der Waals surface area contributed by atoms with Gasteiger partial charge in [0, 0.05) is 17.4 Å². The van der Waals surface area contributed by atoms with E-state index >= 15 is 0 Å². The number of halogens is 2. The Bertz CT molecular complexity index is 110. The van der Waals surface area contributed by atoms with E-state index in [0.717, 1.165) is 12.8 Å². The van der Waals surface area contributed by atoms with E-state index in [-0.39, 0.29) is 12.5 Å². The highest BCUT2D eigenvalue weighted by atomic mass is 79.9. The Morgan fingerprint density at radius 1 is 1.50 bits per heavy atom. The van der Waals surface area contributed by atoms with Crippen molar-refractivity contribution in [1.82, 2.24) is 0 Å². The van der Waals surface area contributed by atoms with Gasteiger partial charge in [-0.25, -0.2) is 4.39 Å². The molecule has 3 unspecified atom stereocenters. The Labute approximate surface area is 68.8 Å². The monoisotopic (exact) mass is 210 g/mol. The Balaban J connectivity index is 2.36. The molecule has 0 bridgehead atoms. The van der Waals surface area contributed by atoms with Crippen LogP contribution in [0.4, 0.5) is 4.39 Å². The van der Waals surface area contributed by atoms with E-state index in [2.05, 4.69) is 15.9 Å². The first-order valence-electron chi connectivity index (χ1n) is 3.63. The number of aliphatic hydroxyl groups is 1. The molecule has 1 aliphatic carbocycles. The molecule has 1 rings (SSSR count). The lowest BCUT2D eigenvalue weighted by atomic mass is 9.88. The zero-order valence-electron chi connectivity index (χ0n) is 5.76. The van der Waals surface area contributed by atoms with Crippen molar-refractivity contribution in [2.75, 3.05) is 6.61 Å². The molecule has 10 heavy (non-hydrogen) atoms. The van der Waals surface area contributed by atoms with Gasteiger partial charge in [-0.1, -0.05) is 15.9 Å². The first-order valence-corrected chi connectivity index (χ1v) is 4.54. The van der Waals surface area contributed by atoms with Crippen molar-refractivity contribution in [2.45, 2.75) is 30.3 Å². The summed E-state index contributed by atoms with van der Waals surface area (Å²) in [7, 11) is 0. The molecule has 0 aliphatic heterocycles. The maximum atomic E-state index is 12.9. The SMILES string of the molecule is OCC1CCC(Br)CC1F. The van der Waals surface area contributed by atoms with Crippen LogP contribution < -0.4 is 0 Å². The normalized spacial score (nSPS) is 41.7. The van der Waals surface area contributed by atoms with E-state index in [4.69, 9.17) is 5.11 Å². The average molecular weight is 211 g/mol. The third kappa shape index (κ3) is 1.92. The molecule has 0 aromatic carbocycles. The van der Waals surface area contributed by atoms with Crippen LogP contribution in [0.15, 0.2) is 0 Å². The third-order valence-corrected chi connectivity index (χ3v) is 2.91. The summed E-state index contributed by atoms with van der Waals surface area (Å²) >= 11 is 3.36. The van der Waals surface area contributed by atoms with E-state index in [1.807, 2.05) is 0 Å². The zero-order valence-corrected chi connectivity index (χ0v) is 7.35. The van der Waals surface area contributed by atoms with Crippen LogP contribution in [0.3, 0.4) is 0 Å². The Morgan fingerprint density at radius 2 is 2.20 bits per heavy atom. The zero-order chi connectivity index (χ0) is 7.56. The second kappa shape index (κ2) is 3.67. The Hall–Kier alpha value is 0.370. The lowest BCUT2D eigenvalue weighted by molar-refractivity contribution is 0.104. The summed E-state index contributed by atoms with van der Waals surface area (Å²) in [4.78, 5) is 0.324. The van der Waals surface area contributed by atoms with Gasteiger partial charge in [0.1, 0.15) is 6.17 Å². The fourth-order valence-corrected chi connectivity index (χ4v) is 1.96. The van der Waals surface area contributed by atoms with Crippen molar-refractivity contribution in [2.24, 2.45) is 5.92 Å². The Kier molecular flexibility index (Phi) is 3.11. The van der Waals surface area contributed by atoms with Gasteiger partial charge in [-0.15, -0.1) is 0 Å². The topological polar surface area (TPSA) is 20.2 Å². The Morgan fingerprint density at radius 3 is 2.70 bits per heavy atom. The lowest BCUT2D eigenvalue weighted by Crippen LogP contribution is -2.28. The highest BCUT2D eigenvalue weighted by Gasteiger charge is 2.28. The molecule has 1 saturated carbocycles. The molecule has 0 saturated heterocycles. The number of hydrogen-bond acceptors (Lipinski definition) is 1. The molecule has 0 aromatic rings. The van der Waals surface area contributed by atoms with Crippen LogP contribution in [-0.4, -0.2) is 22.7 Å². The molecule has 3 atom stereocenters.